The molecule has 0 radical (unpaired) electrons. The number of hydrogen-bond acceptors (Lipinski definition) is 4. The first-order valence-electron chi connectivity index (χ1n) is 8.81. The summed E-state index contributed by atoms with van der Waals surface area (Å²) in [5, 5.41) is 0. The molecule has 1 atom stereocenters. The number of ether oxygens (including phenoxy) is 2. The van der Waals surface area contributed by atoms with Gasteiger partial charge in [0, 0.05) is 13.1 Å². The molecule has 26 heavy (non-hydrogen) atoms. The van der Waals surface area contributed by atoms with E-state index in [0.717, 1.165) is 11.1 Å². The van der Waals surface area contributed by atoms with Gasteiger partial charge in [0.25, 0.3) is 5.91 Å². The zero-order valence-corrected chi connectivity index (χ0v) is 14.8. The van der Waals surface area contributed by atoms with Crippen LogP contribution in [0, 0.1) is 0 Å². The number of rotatable bonds is 5. The van der Waals surface area contributed by atoms with Crippen LogP contribution in [0.1, 0.15) is 24.0 Å². The lowest BCUT2D eigenvalue weighted by atomic mass is 9.91. The lowest BCUT2D eigenvalue weighted by molar-refractivity contribution is -0.155. The van der Waals surface area contributed by atoms with E-state index in [4.69, 9.17) is 9.47 Å². The fourth-order valence-electron chi connectivity index (χ4n) is 3.11. The van der Waals surface area contributed by atoms with E-state index in [-0.39, 0.29) is 18.6 Å². The van der Waals surface area contributed by atoms with Crippen molar-refractivity contribution in [3.63, 3.8) is 0 Å². The van der Waals surface area contributed by atoms with E-state index >= 15 is 0 Å². The summed E-state index contributed by atoms with van der Waals surface area (Å²) in [6.07, 6.45) is 0.00443. The third-order valence-electron chi connectivity index (χ3n) is 4.43. The Labute approximate surface area is 153 Å². The fraction of sp³-hybridized carbons (Fsp3) is 0.333. The maximum absolute atomic E-state index is 12.8. The quantitative estimate of drug-likeness (QED) is 0.776. The van der Waals surface area contributed by atoms with Crippen LogP contribution in [0.25, 0.3) is 0 Å². The summed E-state index contributed by atoms with van der Waals surface area (Å²) < 4.78 is 10.8. The van der Waals surface area contributed by atoms with Gasteiger partial charge in [0.2, 0.25) is 0 Å². The molecule has 1 aliphatic heterocycles. The average molecular weight is 353 g/mol. The highest BCUT2D eigenvalue weighted by Crippen LogP contribution is 2.26. The van der Waals surface area contributed by atoms with Gasteiger partial charge in [0.15, 0.2) is 6.61 Å². The van der Waals surface area contributed by atoms with Gasteiger partial charge >= 0.3 is 5.97 Å². The van der Waals surface area contributed by atoms with Crippen molar-refractivity contribution in [2.75, 3.05) is 26.3 Å². The number of morpholine rings is 1. The maximum atomic E-state index is 12.8. The van der Waals surface area contributed by atoms with Crippen LogP contribution in [0.15, 0.2) is 60.7 Å². The second-order valence-corrected chi connectivity index (χ2v) is 6.38. The van der Waals surface area contributed by atoms with Gasteiger partial charge in [0.1, 0.15) is 5.92 Å². The Morgan fingerprint density at radius 1 is 1.08 bits per heavy atom. The minimum Gasteiger partial charge on any atom is -0.455 e. The average Bonchev–Trinajstić information content (AvgIpc) is 2.68. The van der Waals surface area contributed by atoms with Crippen LogP contribution in [0.5, 0.6) is 0 Å². The topological polar surface area (TPSA) is 55.8 Å². The Kier molecular flexibility index (Phi) is 6.02. The predicted molar refractivity (Wildman–Crippen MR) is 97.7 cm³/mol. The van der Waals surface area contributed by atoms with Gasteiger partial charge in [-0.2, -0.15) is 0 Å². The van der Waals surface area contributed by atoms with Gasteiger partial charge in [-0.15, -0.1) is 0 Å². The lowest BCUT2D eigenvalue weighted by Gasteiger charge is -2.31. The Balaban J connectivity index is 1.69. The number of carbonyl (C=O) groups excluding carboxylic acids is 2. The molecule has 5 heteroatoms. The molecule has 136 valence electrons. The molecule has 1 saturated heterocycles. The van der Waals surface area contributed by atoms with Crippen LogP contribution in [0.4, 0.5) is 0 Å². The van der Waals surface area contributed by atoms with Gasteiger partial charge in [-0.3, -0.25) is 9.59 Å². The third kappa shape index (κ3) is 4.49. The SMILES string of the molecule is CC1CN(C(=O)COC(=O)C(c2ccccc2)c2ccccc2)CCO1. The first-order chi connectivity index (χ1) is 12.6. The molecule has 2 aromatic rings. The minimum absolute atomic E-state index is 0.00443. The zero-order valence-electron chi connectivity index (χ0n) is 14.8. The highest BCUT2D eigenvalue weighted by molar-refractivity contribution is 5.85. The van der Waals surface area contributed by atoms with Gasteiger partial charge < -0.3 is 14.4 Å². The number of hydrogen-bond donors (Lipinski definition) is 0. The third-order valence-corrected chi connectivity index (χ3v) is 4.43. The largest absolute Gasteiger partial charge is 0.455 e. The molecule has 0 saturated carbocycles. The minimum atomic E-state index is -0.547. The number of esters is 1. The smallest absolute Gasteiger partial charge is 0.318 e. The first-order valence-corrected chi connectivity index (χ1v) is 8.81. The van der Waals surface area contributed by atoms with E-state index in [1.54, 1.807) is 4.90 Å². The van der Waals surface area contributed by atoms with Crippen molar-refractivity contribution >= 4 is 11.9 Å². The van der Waals surface area contributed by atoms with E-state index in [2.05, 4.69) is 0 Å². The molecule has 0 spiro atoms. The molecule has 1 unspecified atom stereocenters. The molecule has 3 rings (SSSR count). The van der Waals surface area contributed by atoms with Crippen molar-refractivity contribution in [3.05, 3.63) is 71.8 Å². The Hall–Kier alpha value is -2.66. The standard InChI is InChI=1S/C21H23NO4/c1-16-14-22(12-13-25-16)19(23)15-26-21(24)20(17-8-4-2-5-9-17)18-10-6-3-7-11-18/h2-11,16,20H,12-15H2,1H3. The maximum Gasteiger partial charge on any atom is 0.318 e. The fourth-order valence-corrected chi connectivity index (χ4v) is 3.11. The number of amides is 1. The molecule has 5 nitrogen and oxygen atoms in total. The van der Waals surface area contributed by atoms with Crippen LogP contribution >= 0.6 is 0 Å². The van der Waals surface area contributed by atoms with Crippen LogP contribution in [0.2, 0.25) is 0 Å². The number of benzene rings is 2. The van der Waals surface area contributed by atoms with Gasteiger partial charge in [-0.1, -0.05) is 60.7 Å². The second kappa shape index (κ2) is 8.63. The normalized spacial score (nSPS) is 17.2. The van der Waals surface area contributed by atoms with E-state index in [0.29, 0.717) is 19.7 Å². The number of nitrogens with zero attached hydrogens (tertiary/aromatic N) is 1. The molecule has 2 aromatic carbocycles. The van der Waals surface area contributed by atoms with Crippen molar-refractivity contribution in [3.8, 4) is 0 Å². The van der Waals surface area contributed by atoms with Gasteiger partial charge in [-0.05, 0) is 18.1 Å². The van der Waals surface area contributed by atoms with E-state index in [1.807, 2.05) is 67.6 Å². The number of carbonyl (C=O) groups is 2. The van der Waals surface area contributed by atoms with Crippen LogP contribution < -0.4 is 0 Å². The van der Waals surface area contributed by atoms with Crippen molar-refractivity contribution in [2.45, 2.75) is 18.9 Å². The van der Waals surface area contributed by atoms with Crippen molar-refractivity contribution in [1.29, 1.82) is 0 Å². The summed E-state index contributed by atoms with van der Waals surface area (Å²) in [6.45, 7) is 3.24. The molecule has 0 N–H and O–H groups in total. The van der Waals surface area contributed by atoms with E-state index in [9.17, 15) is 9.59 Å². The molecule has 0 bridgehead atoms. The molecule has 1 fully saturated rings. The Morgan fingerprint density at radius 3 is 2.19 bits per heavy atom. The predicted octanol–water partition coefficient (Wildman–Crippen LogP) is 2.61. The van der Waals surface area contributed by atoms with Crippen molar-refractivity contribution in [1.82, 2.24) is 4.90 Å². The van der Waals surface area contributed by atoms with Crippen LogP contribution in [-0.2, 0) is 19.1 Å². The molecule has 0 aliphatic carbocycles. The molecular formula is C21H23NO4. The molecule has 1 aliphatic rings. The highest BCUT2D eigenvalue weighted by Gasteiger charge is 2.27. The van der Waals surface area contributed by atoms with Gasteiger partial charge in [0.05, 0.1) is 12.7 Å². The molecule has 1 heterocycles. The Morgan fingerprint density at radius 2 is 1.65 bits per heavy atom. The molecular weight excluding hydrogens is 330 g/mol. The summed E-state index contributed by atoms with van der Waals surface area (Å²) in [5.74, 6) is -1.15. The first kappa shape index (κ1) is 18.1. The molecule has 0 aromatic heterocycles. The zero-order chi connectivity index (χ0) is 18.4. The summed E-state index contributed by atoms with van der Waals surface area (Å²) in [4.78, 5) is 26.8. The summed E-state index contributed by atoms with van der Waals surface area (Å²) in [6, 6.07) is 18.9. The molecule has 1 amide bonds. The van der Waals surface area contributed by atoms with Gasteiger partial charge in [-0.25, -0.2) is 0 Å². The highest BCUT2D eigenvalue weighted by atomic mass is 16.5. The van der Waals surface area contributed by atoms with E-state index < -0.39 is 11.9 Å². The summed E-state index contributed by atoms with van der Waals surface area (Å²) >= 11 is 0. The Bertz CT molecular complexity index is 693. The lowest BCUT2D eigenvalue weighted by Crippen LogP contribution is -2.46. The summed E-state index contributed by atoms with van der Waals surface area (Å²) in [5.41, 5.74) is 1.69. The van der Waals surface area contributed by atoms with Crippen molar-refractivity contribution < 1.29 is 19.1 Å². The van der Waals surface area contributed by atoms with Crippen LogP contribution in [-0.4, -0.2) is 49.2 Å². The van der Waals surface area contributed by atoms with Crippen LogP contribution in [0.3, 0.4) is 0 Å². The summed E-state index contributed by atoms with van der Waals surface area (Å²) in [7, 11) is 0. The van der Waals surface area contributed by atoms with E-state index in [1.165, 1.54) is 0 Å². The second-order valence-electron chi connectivity index (χ2n) is 6.38. The monoisotopic (exact) mass is 353 g/mol. The van der Waals surface area contributed by atoms with Crippen molar-refractivity contribution in [2.24, 2.45) is 0 Å².